The topological polar surface area (TPSA) is 75.6 Å². The average Bonchev–Trinajstić information content (AvgIpc) is 2.49. The van der Waals surface area contributed by atoms with Crippen LogP contribution in [-0.4, -0.2) is 23.6 Å². The molecule has 0 bridgehead atoms. The van der Waals surface area contributed by atoms with Gasteiger partial charge in [0.25, 0.3) is 5.91 Å². The normalized spacial score (nSPS) is 10.1. The minimum Gasteiger partial charge on any atom is -0.508 e. The summed E-state index contributed by atoms with van der Waals surface area (Å²) in [4.78, 5) is 23.5. The van der Waals surface area contributed by atoms with Crippen LogP contribution in [0.2, 0.25) is 10.0 Å². The Kier molecular flexibility index (Phi) is 5.25. The van der Waals surface area contributed by atoms with Crippen molar-refractivity contribution in [2.75, 3.05) is 11.9 Å². The van der Waals surface area contributed by atoms with Crippen LogP contribution in [0.25, 0.3) is 0 Å². The van der Waals surface area contributed by atoms with Crippen molar-refractivity contribution in [3.8, 4) is 5.75 Å². The van der Waals surface area contributed by atoms with Crippen LogP contribution >= 0.6 is 23.2 Å². The Morgan fingerprint density at radius 3 is 2.45 bits per heavy atom. The van der Waals surface area contributed by atoms with Gasteiger partial charge in [-0.1, -0.05) is 23.2 Å². The molecule has 7 heteroatoms. The lowest BCUT2D eigenvalue weighted by molar-refractivity contribution is -0.119. The first-order valence-corrected chi connectivity index (χ1v) is 6.92. The predicted octanol–water partition coefficient (Wildman–Crippen LogP) is 3.49. The monoisotopic (exact) mass is 339 g/mol. The smallest absolute Gasteiger partial charge is 0.340 e. The number of halogens is 2. The highest BCUT2D eigenvalue weighted by atomic mass is 35.5. The Balaban J connectivity index is 1.91. The van der Waals surface area contributed by atoms with Gasteiger partial charge in [-0.15, -0.1) is 0 Å². The van der Waals surface area contributed by atoms with Crippen LogP contribution in [0.1, 0.15) is 10.4 Å². The summed E-state index contributed by atoms with van der Waals surface area (Å²) in [6.45, 7) is -0.470. The summed E-state index contributed by atoms with van der Waals surface area (Å²) < 4.78 is 4.88. The maximum atomic E-state index is 11.8. The molecule has 0 heterocycles. The number of benzene rings is 2. The number of hydrogen-bond donors (Lipinski definition) is 2. The van der Waals surface area contributed by atoms with Crippen molar-refractivity contribution in [3.63, 3.8) is 0 Å². The van der Waals surface area contributed by atoms with Crippen molar-refractivity contribution >= 4 is 40.8 Å². The Hall–Kier alpha value is -2.24. The molecule has 0 radical (unpaired) electrons. The molecule has 1 amide bonds. The van der Waals surface area contributed by atoms with Gasteiger partial charge in [-0.05, 0) is 42.5 Å². The van der Waals surface area contributed by atoms with Crippen molar-refractivity contribution in [1.82, 2.24) is 0 Å². The van der Waals surface area contributed by atoms with Gasteiger partial charge in [0.05, 0.1) is 10.6 Å². The number of esters is 1. The lowest BCUT2D eigenvalue weighted by Crippen LogP contribution is -2.21. The van der Waals surface area contributed by atoms with E-state index in [0.717, 1.165) is 0 Å². The van der Waals surface area contributed by atoms with Gasteiger partial charge in [0.2, 0.25) is 0 Å². The summed E-state index contributed by atoms with van der Waals surface area (Å²) in [7, 11) is 0. The summed E-state index contributed by atoms with van der Waals surface area (Å²) in [5.41, 5.74) is 0.561. The first-order valence-electron chi connectivity index (χ1n) is 6.17. The molecule has 2 aromatic rings. The first kappa shape index (κ1) is 16.1. The summed E-state index contributed by atoms with van der Waals surface area (Å²) in [5.74, 6) is -1.18. The number of hydrogen-bond acceptors (Lipinski definition) is 4. The molecule has 0 aromatic heterocycles. The number of nitrogens with one attached hydrogen (secondary N) is 1. The lowest BCUT2D eigenvalue weighted by atomic mass is 10.2. The van der Waals surface area contributed by atoms with Crippen LogP contribution < -0.4 is 5.32 Å². The highest BCUT2D eigenvalue weighted by molar-refractivity contribution is 6.35. The first-order chi connectivity index (χ1) is 10.5. The second kappa shape index (κ2) is 7.15. The van der Waals surface area contributed by atoms with E-state index in [4.69, 9.17) is 33.0 Å². The maximum Gasteiger partial charge on any atom is 0.340 e. The summed E-state index contributed by atoms with van der Waals surface area (Å²) in [5, 5.41) is 12.2. The van der Waals surface area contributed by atoms with Gasteiger partial charge < -0.3 is 15.2 Å². The standard InChI is InChI=1S/C15H11Cl2NO4/c16-9-1-6-13(17)12(7-9)15(21)22-8-14(20)18-10-2-4-11(19)5-3-10/h1-7,19H,8H2,(H,18,20). The van der Waals surface area contributed by atoms with Gasteiger partial charge in [0.15, 0.2) is 6.61 Å². The fourth-order valence-electron chi connectivity index (χ4n) is 1.60. The number of aromatic hydroxyl groups is 1. The third kappa shape index (κ3) is 4.38. The van der Waals surface area contributed by atoms with E-state index in [-0.39, 0.29) is 16.3 Å². The molecule has 0 aliphatic rings. The van der Waals surface area contributed by atoms with Crippen molar-refractivity contribution in [2.24, 2.45) is 0 Å². The molecule has 2 rings (SSSR count). The number of carbonyl (C=O) groups excluding carboxylic acids is 2. The zero-order chi connectivity index (χ0) is 16.1. The number of phenolic OH excluding ortho intramolecular Hbond substituents is 1. The second-order valence-corrected chi connectivity index (χ2v) is 5.14. The van der Waals surface area contributed by atoms with Crippen LogP contribution in [0.5, 0.6) is 5.75 Å². The third-order valence-corrected chi connectivity index (χ3v) is 3.20. The Labute approximate surface area is 136 Å². The molecule has 22 heavy (non-hydrogen) atoms. The molecule has 0 aliphatic heterocycles. The molecule has 0 fully saturated rings. The van der Waals surface area contributed by atoms with Crippen LogP contribution in [-0.2, 0) is 9.53 Å². The quantitative estimate of drug-likeness (QED) is 0.660. The van der Waals surface area contributed by atoms with Crippen LogP contribution in [0, 0.1) is 0 Å². The van der Waals surface area contributed by atoms with Crippen LogP contribution in [0.4, 0.5) is 5.69 Å². The van der Waals surface area contributed by atoms with Crippen LogP contribution in [0.3, 0.4) is 0 Å². The van der Waals surface area contributed by atoms with Gasteiger partial charge in [-0.3, -0.25) is 4.79 Å². The minimum atomic E-state index is -0.742. The largest absolute Gasteiger partial charge is 0.508 e. The van der Waals surface area contributed by atoms with Gasteiger partial charge in [-0.25, -0.2) is 4.79 Å². The van der Waals surface area contributed by atoms with Gasteiger partial charge in [-0.2, -0.15) is 0 Å². The van der Waals surface area contributed by atoms with E-state index in [1.54, 1.807) is 0 Å². The number of amides is 1. The van der Waals surface area contributed by atoms with Gasteiger partial charge in [0, 0.05) is 10.7 Å². The zero-order valence-electron chi connectivity index (χ0n) is 11.2. The minimum absolute atomic E-state index is 0.0834. The van der Waals surface area contributed by atoms with E-state index >= 15 is 0 Å². The summed E-state index contributed by atoms with van der Waals surface area (Å²) in [6.07, 6.45) is 0. The fourth-order valence-corrected chi connectivity index (χ4v) is 1.97. The lowest BCUT2D eigenvalue weighted by Gasteiger charge is -2.08. The molecule has 114 valence electrons. The molecular formula is C15H11Cl2NO4. The Bertz CT molecular complexity index is 701. The number of rotatable bonds is 4. The summed E-state index contributed by atoms with van der Waals surface area (Å²) in [6, 6.07) is 10.3. The Morgan fingerprint density at radius 1 is 1.09 bits per heavy atom. The number of ether oxygens (including phenoxy) is 1. The van der Waals surface area contributed by atoms with Gasteiger partial charge in [0.1, 0.15) is 5.75 Å². The van der Waals surface area contributed by atoms with E-state index in [1.807, 2.05) is 0 Å². The summed E-state index contributed by atoms with van der Waals surface area (Å²) >= 11 is 11.6. The number of phenols is 1. The second-order valence-electron chi connectivity index (χ2n) is 4.30. The van der Waals surface area contributed by atoms with Crippen molar-refractivity contribution in [2.45, 2.75) is 0 Å². The molecule has 0 saturated heterocycles. The molecule has 0 unspecified atom stereocenters. The number of anilines is 1. The molecule has 0 aliphatic carbocycles. The molecule has 0 spiro atoms. The highest BCUT2D eigenvalue weighted by Gasteiger charge is 2.14. The molecule has 0 atom stereocenters. The fraction of sp³-hybridized carbons (Fsp3) is 0.0667. The predicted molar refractivity (Wildman–Crippen MR) is 83.5 cm³/mol. The molecule has 0 saturated carbocycles. The highest BCUT2D eigenvalue weighted by Crippen LogP contribution is 2.21. The number of carbonyl (C=O) groups is 2. The SMILES string of the molecule is O=C(COC(=O)c1cc(Cl)ccc1Cl)Nc1ccc(O)cc1. The van der Waals surface area contributed by atoms with E-state index in [0.29, 0.717) is 10.7 Å². The van der Waals surface area contributed by atoms with Crippen molar-refractivity contribution < 1.29 is 19.4 Å². The van der Waals surface area contributed by atoms with E-state index in [1.165, 1.54) is 42.5 Å². The maximum absolute atomic E-state index is 11.8. The molecule has 2 N–H and O–H groups in total. The third-order valence-electron chi connectivity index (χ3n) is 2.63. The molecule has 5 nitrogen and oxygen atoms in total. The average molecular weight is 340 g/mol. The van der Waals surface area contributed by atoms with E-state index in [2.05, 4.69) is 5.32 Å². The van der Waals surface area contributed by atoms with Gasteiger partial charge >= 0.3 is 5.97 Å². The van der Waals surface area contributed by atoms with Crippen molar-refractivity contribution in [1.29, 1.82) is 0 Å². The van der Waals surface area contributed by atoms with E-state index < -0.39 is 18.5 Å². The van der Waals surface area contributed by atoms with Crippen LogP contribution in [0.15, 0.2) is 42.5 Å². The molecular weight excluding hydrogens is 329 g/mol. The zero-order valence-corrected chi connectivity index (χ0v) is 12.7. The molecule has 2 aromatic carbocycles. The Morgan fingerprint density at radius 2 is 1.77 bits per heavy atom. The van der Waals surface area contributed by atoms with E-state index in [9.17, 15) is 9.59 Å². The van der Waals surface area contributed by atoms with Crippen molar-refractivity contribution in [3.05, 3.63) is 58.1 Å².